The highest BCUT2D eigenvalue weighted by Gasteiger charge is 2.17. The molecule has 0 fully saturated rings. The van der Waals surface area contributed by atoms with Crippen molar-refractivity contribution in [2.75, 3.05) is 0 Å². The van der Waals surface area contributed by atoms with Crippen molar-refractivity contribution in [2.24, 2.45) is 0 Å². The molecule has 2 atom stereocenters. The Kier molecular flexibility index (Phi) is 4.73. The highest BCUT2D eigenvalue weighted by Crippen LogP contribution is 2.23. The summed E-state index contributed by atoms with van der Waals surface area (Å²) >= 11 is 0. The van der Waals surface area contributed by atoms with Crippen molar-refractivity contribution in [3.05, 3.63) is 52.9 Å². The first-order valence-electron chi connectivity index (χ1n) is 7.10. The molecular weight excluding hydrogens is 274 g/mol. The first-order chi connectivity index (χ1) is 9.92. The summed E-state index contributed by atoms with van der Waals surface area (Å²) in [6.07, 6.45) is 1.97. The van der Waals surface area contributed by atoms with Crippen LogP contribution < -0.4 is 0 Å². The van der Waals surface area contributed by atoms with Crippen molar-refractivity contribution in [3.63, 3.8) is 0 Å². The molecule has 21 heavy (non-hydrogen) atoms. The van der Waals surface area contributed by atoms with Crippen molar-refractivity contribution in [3.8, 4) is 0 Å². The summed E-state index contributed by atoms with van der Waals surface area (Å²) in [6.45, 7) is 5.66. The fourth-order valence-corrected chi connectivity index (χ4v) is 2.16. The van der Waals surface area contributed by atoms with Crippen LogP contribution in [0, 0.1) is 18.6 Å². The lowest BCUT2D eigenvalue weighted by Crippen LogP contribution is -2.08. The number of nitrogens with zero attached hydrogens (tertiary/aromatic N) is 2. The number of hydrogen-bond donors (Lipinski definition) is 1. The Morgan fingerprint density at radius 1 is 1.29 bits per heavy atom. The van der Waals surface area contributed by atoms with Crippen LogP contribution in [0.2, 0.25) is 0 Å². The van der Waals surface area contributed by atoms with Gasteiger partial charge in [-0.3, -0.25) is 4.68 Å². The summed E-state index contributed by atoms with van der Waals surface area (Å²) in [5.74, 6) is -1.34. The second-order valence-electron chi connectivity index (χ2n) is 5.39. The van der Waals surface area contributed by atoms with Gasteiger partial charge in [-0.1, -0.05) is 6.92 Å². The van der Waals surface area contributed by atoms with Gasteiger partial charge in [0.05, 0.1) is 11.8 Å². The lowest BCUT2D eigenvalue weighted by atomic mass is 10.0. The SMILES string of the molecule is CCC(C)n1ccc(CC(O)c2cc(C)c(F)cc2F)n1. The van der Waals surface area contributed by atoms with Crippen LogP contribution in [0.15, 0.2) is 24.4 Å². The zero-order valence-electron chi connectivity index (χ0n) is 12.5. The molecule has 1 N–H and O–H groups in total. The van der Waals surface area contributed by atoms with Crippen molar-refractivity contribution in [2.45, 2.75) is 45.8 Å². The van der Waals surface area contributed by atoms with Gasteiger partial charge in [-0.15, -0.1) is 0 Å². The summed E-state index contributed by atoms with van der Waals surface area (Å²) in [7, 11) is 0. The van der Waals surface area contributed by atoms with Crippen LogP contribution in [-0.4, -0.2) is 14.9 Å². The molecule has 0 amide bonds. The van der Waals surface area contributed by atoms with Crippen LogP contribution in [0.3, 0.4) is 0 Å². The molecule has 1 aromatic heterocycles. The summed E-state index contributed by atoms with van der Waals surface area (Å²) in [4.78, 5) is 0. The Bertz CT molecular complexity index is 625. The quantitative estimate of drug-likeness (QED) is 0.912. The van der Waals surface area contributed by atoms with Crippen molar-refractivity contribution >= 4 is 0 Å². The fraction of sp³-hybridized carbons (Fsp3) is 0.438. The van der Waals surface area contributed by atoms with E-state index in [4.69, 9.17) is 0 Å². The number of halogens is 2. The minimum atomic E-state index is -1.04. The van der Waals surface area contributed by atoms with Crippen molar-refractivity contribution in [1.82, 2.24) is 9.78 Å². The summed E-state index contributed by atoms with van der Waals surface area (Å²) in [5.41, 5.74) is 1.10. The van der Waals surface area contributed by atoms with Crippen molar-refractivity contribution < 1.29 is 13.9 Å². The average molecular weight is 294 g/mol. The highest BCUT2D eigenvalue weighted by atomic mass is 19.1. The van der Waals surface area contributed by atoms with Gasteiger partial charge in [0.2, 0.25) is 0 Å². The molecule has 0 radical (unpaired) electrons. The summed E-state index contributed by atoms with van der Waals surface area (Å²) in [6, 6.07) is 4.25. The molecule has 5 heteroatoms. The number of hydrogen-bond acceptors (Lipinski definition) is 2. The number of aromatic nitrogens is 2. The Morgan fingerprint density at radius 3 is 2.67 bits per heavy atom. The Balaban J connectivity index is 2.16. The van der Waals surface area contributed by atoms with E-state index >= 15 is 0 Å². The maximum absolute atomic E-state index is 13.7. The van der Waals surface area contributed by atoms with Gasteiger partial charge in [0.15, 0.2) is 0 Å². The number of aliphatic hydroxyl groups excluding tert-OH is 1. The molecule has 0 spiro atoms. The van der Waals surface area contributed by atoms with Gasteiger partial charge < -0.3 is 5.11 Å². The van der Waals surface area contributed by atoms with Crippen LogP contribution in [0.5, 0.6) is 0 Å². The lowest BCUT2D eigenvalue weighted by Gasteiger charge is -2.12. The number of aliphatic hydroxyl groups is 1. The van der Waals surface area contributed by atoms with Crippen LogP contribution in [0.4, 0.5) is 8.78 Å². The molecule has 0 aliphatic carbocycles. The third-order valence-electron chi connectivity index (χ3n) is 3.75. The molecule has 1 heterocycles. The van der Waals surface area contributed by atoms with Crippen LogP contribution in [0.1, 0.15) is 49.2 Å². The molecule has 2 rings (SSSR count). The minimum absolute atomic E-state index is 0.104. The lowest BCUT2D eigenvalue weighted by molar-refractivity contribution is 0.171. The highest BCUT2D eigenvalue weighted by molar-refractivity contribution is 5.28. The van der Waals surface area contributed by atoms with Gasteiger partial charge in [-0.05, 0) is 38.0 Å². The Labute approximate surface area is 123 Å². The van der Waals surface area contributed by atoms with E-state index in [2.05, 4.69) is 18.9 Å². The van der Waals surface area contributed by atoms with Crippen molar-refractivity contribution in [1.29, 1.82) is 0 Å². The van der Waals surface area contributed by atoms with Crippen LogP contribution >= 0.6 is 0 Å². The van der Waals surface area contributed by atoms with Crippen LogP contribution in [0.25, 0.3) is 0 Å². The zero-order valence-corrected chi connectivity index (χ0v) is 12.5. The standard InChI is InChI=1S/C16H20F2N2O/c1-4-11(3)20-6-5-12(19-20)8-16(21)13-7-10(2)14(17)9-15(13)18/h5-7,9,11,16,21H,4,8H2,1-3H3. The van der Waals surface area contributed by atoms with Crippen LogP contribution in [-0.2, 0) is 6.42 Å². The van der Waals surface area contributed by atoms with E-state index in [1.807, 2.05) is 16.9 Å². The predicted octanol–water partition coefficient (Wildman–Crippen LogP) is 3.72. The average Bonchev–Trinajstić information content (AvgIpc) is 2.90. The first-order valence-corrected chi connectivity index (χ1v) is 7.10. The largest absolute Gasteiger partial charge is 0.388 e. The smallest absolute Gasteiger partial charge is 0.131 e. The van der Waals surface area contributed by atoms with E-state index < -0.39 is 17.7 Å². The number of aryl methyl sites for hydroxylation is 1. The summed E-state index contributed by atoms with van der Waals surface area (Å²) < 4.78 is 28.8. The molecule has 2 aromatic rings. The van der Waals surface area contributed by atoms with E-state index in [1.54, 1.807) is 6.92 Å². The topological polar surface area (TPSA) is 38.0 Å². The molecule has 0 bridgehead atoms. The second kappa shape index (κ2) is 6.35. The van der Waals surface area contributed by atoms with E-state index in [0.717, 1.165) is 12.5 Å². The van der Waals surface area contributed by atoms with Gasteiger partial charge in [-0.25, -0.2) is 8.78 Å². The molecule has 2 unspecified atom stereocenters. The molecular formula is C16H20F2N2O. The van der Waals surface area contributed by atoms with Gasteiger partial charge in [0.25, 0.3) is 0 Å². The maximum Gasteiger partial charge on any atom is 0.131 e. The Hall–Kier alpha value is -1.75. The number of rotatable bonds is 5. The molecule has 0 saturated heterocycles. The molecule has 0 aliphatic heterocycles. The molecule has 114 valence electrons. The summed E-state index contributed by atoms with van der Waals surface area (Å²) in [5, 5.41) is 14.5. The minimum Gasteiger partial charge on any atom is -0.388 e. The monoisotopic (exact) mass is 294 g/mol. The van der Waals surface area contributed by atoms with Gasteiger partial charge in [-0.2, -0.15) is 5.10 Å². The zero-order chi connectivity index (χ0) is 15.6. The van der Waals surface area contributed by atoms with Gasteiger partial charge >= 0.3 is 0 Å². The maximum atomic E-state index is 13.7. The molecule has 1 aromatic carbocycles. The van der Waals surface area contributed by atoms with E-state index in [9.17, 15) is 13.9 Å². The molecule has 0 saturated carbocycles. The fourth-order valence-electron chi connectivity index (χ4n) is 2.16. The predicted molar refractivity (Wildman–Crippen MR) is 77.0 cm³/mol. The first kappa shape index (κ1) is 15.6. The third-order valence-corrected chi connectivity index (χ3v) is 3.75. The number of benzene rings is 1. The van der Waals surface area contributed by atoms with E-state index in [0.29, 0.717) is 11.3 Å². The molecule has 3 nitrogen and oxygen atoms in total. The normalized spacial score (nSPS) is 14.2. The van der Waals surface area contributed by atoms with Gasteiger partial charge in [0.1, 0.15) is 11.6 Å². The van der Waals surface area contributed by atoms with E-state index in [1.165, 1.54) is 6.07 Å². The van der Waals surface area contributed by atoms with E-state index in [-0.39, 0.29) is 18.0 Å². The third kappa shape index (κ3) is 3.47. The van der Waals surface area contributed by atoms with Gasteiger partial charge in [0, 0.05) is 30.3 Å². The molecule has 0 aliphatic rings. The Morgan fingerprint density at radius 2 is 2.00 bits per heavy atom. The second-order valence-corrected chi connectivity index (χ2v) is 5.39.